The van der Waals surface area contributed by atoms with E-state index in [1.807, 2.05) is 13.0 Å². The summed E-state index contributed by atoms with van der Waals surface area (Å²) < 4.78 is 32.0. The molecule has 2 aliphatic rings. The third-order valence-electron chi connectivity index (χ3n) is 4.00. The highest BCUT2D eigenvalue weighted by molar-refractivity contribution is 7.93. The van der Waals surface area contributed by atoms with Crippen molar-refractivity contribution in [1.29, 1.82) is 0 Å². The van der Waals surface area contributed by atoms with Gasteiger partial charge in [0.15, 0.2) is 0 Å². The number of rotatable bonds is 4. The summed E-state index contributed by atoms with van der Waals surface area (Å²) in [4.78, 5) is 12.1. The van der Waals surface area contributed by atoms with Crippen molar-refractivity contribution in [3.8, 4) is 0 Å². The normalized spacial score (nSPS) is 27.0. The second-order valence-corrected chi connectivity index (χ2v) is 8.13. The van der Waals surface area contributed by atoms with Gasteiger partial charge in [0.05, 0.1) is 22.5 Å². The number of hydrogen-bond donors (Lipinski definition) is 0. The molecule has 0 amide bonds. The Kier molecular flexibility index (Phi) is 5.69. The van der Waals surface area contributed by atoms with Crippen LogP contribution in [0, 0.1) is 11.8 Å². The Bertz CT molecular complexity index is 597. The zero-order valence-corrected chi connectivity index (χ0v) is 14.5. The van der Waals surface area contributed by atoms with E-state index in [0.717, 1.165) is 0 Å². The standard InChI is InChI=1S/C15H22ClNO4S/c1-3-21-15(18)12-5-4-8-17(10-12)22(19,20)14-9-11(2)6-7-13(14)16/h6-7,11-12H,3-5,8-10H2,1-2H3. The summed E-state index contributed by atoms with van der Waals surface area (Å²) in [6.45, 7) is 4.60. The van der Waals surface area contributed by atoms with Crippen molar-refractivity contribution < 1.29 is 17.9 Å². The molecule has 5 nitrogen and oxygen atoms in total. The fraction of sp³-hybridized carbons (Fsp3) is 0.667. The van der Waals surface area contributed by atoms with Crippen LogP contribution in [0.2, 0.25) is 0 Å². The van der Waals surface area contributed by atoms with Crippen LogP contribution >= 0.6 is 11.6 Å². The zero-order chi connectivity index (χ0) is 16.3. The van der Waals surface area contributed by atoms with Gasteiger partial charge in [0.1, 0.15) is 0 Å². The number of piperidine rings is 1. The van der Waals surface area contributed by atoms with Crippen molar-refractivity contribution in [2.24, 2.45) is 11.8 Å². The average molecular weight is 348 g/mol. The quantitative estimate of drug-likeness (QED) is 0.733. The summed E-state index contributed by atoms with van der Waals surface area (Å²) in [7, 11) is -3.63. The molecule has 0 spiro atoms. The minimum absolute atomic E-state index is 0.137. The Morgan fingerprint density at radius 2 is 2.23 bits per heavy atom. The van der Waals surface area contributed by atoms with Crippen LogP contribution < -0.4 is 0 Å². The fourth-order valence-electron chi connectivity index (χ4n) is 2.80. The number of halogens is 1. The second-order valence-electron chi connectivity index (χ2n) is 5.77. The lowest BCUT2D eigenvalue weighted by atomic mass is 10.0. The third kappa shape index (κ3) is 3.73. The van der Waals surface area contributed by atoms with Gasteiger partial charge in [0.25, 0.3) is 0 Å². The lowest BCUT2D eigenvalue weighted by Crippen LogP contribution is -2.43. The van der Waals surface area contributed by atoms with Gasteiger partial charge >= 0.3 is 5.97 Å². The molecular weight excluding hydrogens is 326 g/mol. The average Bonchev–Trinajstić information content (AvgIpc) is 2.50. The molecule has 0 aromatic carbocycles. The lowest BCUT2D eigenvalue weighted by molar-refractivity contribution is -0.149. The highest BCUT2D eigenvalue weighted by Gasteiger charge is 2.36. The minimum Gasteiger partial charge on any atom is -0.466 e. The maximum absolute atomic E-state index is 12.8. The maximum atomic E-state index is 12.8. The molecule has 1 aliphatic carbocycles. The van der Waals surface area contributed by atoms with Gasteiger partial charge in [-0.3, -0.25) is 4.79 Å². The molecule has 2 atom stereocenters. The molecule has 2 unspecified atom stereocenters. The molecule has 1 saturated heterocycles. The first-order valence-corrected chi connectivity index (χ1v) is 9.41. The van der Waals surface area contributed by atoms with E-state index in [4.69, 9.17) is 16.3 Å². The molecule has 22 heavy (non-hydrogen) atoms. The van der Waals surface area contributed by atoms with Crippen LogP contribution in [0.5, 0.6) is 0 Å². The first-order chi connectivity index (χ1) is 10.4. The van der Waals surface area contributed by atoms with Crippen LogP contribution in [0.15, 0.2) is 22.1 Å². The third-order valence-corrected chi connectivity index (χ3v) is 6.49. The molecule has 0 N–H and O–H groups in total. The second kappa shape index (κ2) is 7.15. The minimum atomic E-state index is -3.63. The molecular formula is C15H22ClNO4S. The van der Waals surface area contributed by atoms with E-state index in [0.29, 0.717) is 32.4 Å². The number of carbonyl (C=O) groups excluding carboxylic acids is 1. The van der Waals surface area contributed by atoms with Gasteiger partial charge in [-0.25, -0.2) is 8.42 Å². The van der Waals surface area contributed by atoms with Crippen LogP contribution in [-0.4, -0.2) is 38.4 Å². The summed E-state index contributed by atoms with van der Waals surface area (Å²) in [6.07, 6.45) is 5.26. The molecule has 1 aliphatic heterocycles. The van der Waals surface area contributed by atoms with Gasteiger partial charge in [0, 0.05) is 13.1 Å². The van der Waals surface area contributed by atoms with Gasteiger partial charge in [0.2, 0.25) is 10.0 Å². The Morgan fingerprint density at radius 1 is 1.50 bits per heavy atom. The molecule has 7 heteroatoms. The number of nitrogens with zero attached hydrogens (tertiary/aromatic N) is 1. The van der Waals surface area contributed by atoms with Crippen LogP contribution in [-0.2, 0) is 19.6 Å². The number of esters is 1. The molecule has 0 radical (unpaired) electrons. The molecule has 0 aromatic rings. The Hall–Kier alpha value is -0.850. The molecule has 124 valence electrons. The van der Waals surface area contributed by atoms with Gasteiger partial charge in [-0.2, -0.15) is 4.31 Å². The largest absolute Gasteiger partial charge is 0.466 e. The Balaban J connectivity index is 2.19. The summed E-state index contributed by atoms with van der Waals surface area (Å²) in [5.41, 5.74) is 0. The van der Waals surface area contributed by atoms with E-state index in [1.54, 1.807) is 13.0 Å². The van der Waals surface area contributed by atoms with Crippen molar-refractivity contribution in [2.45, 2.75) is 33.1 Å². The highest BCUT2D eigenvalue weighted by Crippen LogP contribution is 2.33. The predicted octanol–water partition coefficient (Wildman–Crippen LogP) is 2.64. The molecule has 0 saturated carbocycles. The number of ether oxygens (including phenoxy) is 1. The van der Waals surface area contributed by atoms with Crippen LogP contribution in [0.25, 0.3) is 0 Å². The topological polar surface area (TPSA) is 63.7 Å². The van der Waals surface area contributed by atoms with Gasteiger partial charge in [-0.05, 0) is 38.2 Å². The number of sulfonamides is 1. The number of allylic oxidation sites excluding steroid dienone is 4. The van der Waals surface area contributed by atoms with E-state index >= 15 is 0 Å². The summed E-state index contributed by atoms with van der Waals surface area (Å²) >= 11 is 6.10. The van der Waals surface area contributed by atoms with E-state index in [-0.39, 0.29) is 34.3 Å². The Labute approximate surface area is 137 Å². The van der Waals surface area contributed by atoms with Gasteiger partial charge < -0.3 is 4.74 Å². The summed E-state index contributed by atoms with van der Waals surface area (Å²) in [5.74, 6) is -0.572. The van der Waals surface area contributed by atoms with Crippen LogP contribution in [0.4, 0.5) is 0 Å². The molecule has 0 bridgehead atoms. The number of hydrogen-bond acceptors (Lipinski definition) is 4. The first-order valence-electron chi connectivity index (χ1n) is 7.60. The van der Waals surface area contributed by atoms with Crippen molar-refractivity contribution in [3.63, 3.8) is 0 Å². The number of carbonyl (C=O) groups is 1. The lowest BCUT2D eigenvalue weighted by Gasteiger charge is -2.32. The van der Waals surface area contributed by atoms with Crippen molar-refractivity contribution in [2.75, 3.05) is 19.7 Å². The maximum Gasteiger partial charge on any atom is 0.310 e. The molecule has 2 rings (SSSR count). The van der Waals surface area contributed by atoms with Crippen LogP contribution in [0.1, 0.15) is 33.1 Å². The van der Waals surface area contributed by atoms with Crippen molar-refractivity contribution in [1.82, 2.24) is 4.31 Å². The highest BCUT2D eigenvalue weighted by atomic mass is 35.5. The first kappa shape index (κ1) is 17.5. The summed E-state index contributed by atoms with van der Waals surface area (Å²) in [5, 5.41) is 0.274. The van der Waals surface area contributed by atoms with E-state index < -0.39 is 10.0 Å². The van der Waals surface area contributed by atoms with Gasteiger partial charge in [-0.15, -0.1) is 0 Å². The SMILES string of the molecule is CCOC(=O)C1CCCN(S(=O)(=O)C2=C(Cl)C=CC(C)C2)C1. The van der Waals surface area contributed by atoms with Crippen LogP contribution in [0.3, 0.4) is 0 Å². The predicted molar refractivity (Wildman–Crippen MR) is 85.6 cm³/mol. The smallest absolute Gasteiger partial charge is 0.310 e. The molecule has 0 aromatic heterocycles. The summed E-state index contributed by atoms with van der Waals surface area (Å²) in [6, 6.07) is 0. The Morgan fingerprint density at radius 3 is 2.91 bits per heavy atom. The van der Waals surface area contributed by atoms with E-state index in [1.165, 1.54) is 4.31 Å². The fourth-order valence-corrected chi connectivity index (χ4v) is 5.08. The van der Waals surface area contributed by atoms with E-state index in [2.05, 4.69) is 0 Å². The monoisotopic (exact) mass is 347 g/mol. The molecule has 1 fully saturated rings. The molecule has 1 heterocycles. The van der Waals surface area contributed by atoms with Crippen molar-refractivity contribution in [3.05, 3.63) is 22.1 Å². The van der Waals surface area contributed by atoms with E-state index in [9.17, 15) is 13.2 Å². The van der Waals surface area contributed by atoms with Gasteiger partial charge in [-0.1, -0.05) is 24.6 Å². The zero-order valence-electron chi connectivity index (χ0n) is 12.9. The van der Waals surface area contributed by atoms with Crippen molar-refractivity contribution >= 4 is 27.6 Å².